The van der Waals surface area contributed by atoms with E-state index in [2.05, 4.69) is 22.8 Å². The normalized spacial score (nSPS) is 28.1. The zero-order valence-corrected chi connectivity index (χ0v) is 12.9. The smallest absolute Gasteiger partial charge is 0.237 e. The van der Waals surface area contributed by atoms with Crippen LogP contribution in [0.15, 0.2) is 24.3 Å². The molecule has 0 spiro atoms. The van der Waals surface area contributed by atoms with Gasteiger partial charge in [0.25, 0.3) is 0 Å². The number of carbonyl (C=O) groups is 1. The van der Waals surface area contributed by atoms with Gasteiger partial charge in [0.1, 0.15) is 0 Å². The maximum atomic E-state index is 12.3. The van der Waals surface area contributed by atoms with E-state index in [9.17, 15) is 9.90 Å². The van der Waals surface area contributed by atoms with Crippen molar-refractivity contribution < 1.29 is 9.90 Å². The first kappa shape index (κ1) is 16.3. The van der Waals surface area contributed by atoms with Crippen molar-refractivity contribution in [1.29, 1.82) is 0 Å². The monoisotopic (exact) mass is 310 g/mol. The van der Waals surface area contributed by atoms with E-state index >= 15 is 0 Å². The van der Waals surface area contributed by atoms with E-state index in [0.717, 1.165) is 38.6 Å². The van der Waals surface area contributed by atoms with Crippen molar-refractivity contribution >= 4 is 18.3 Å². The summed E-state index contributed by atoms with van der Waals surface area (Å²) >= 11 is 0. The van der Waals surface area contributed by atoms with Gasteiger partial charge in [0.2, 0.25) is 5.91 Å². The molecule has 116 valence electrons. The van der Waals surface area contributed by atoms with E-state index < -0.39 is 0 Å². The third-order valence-electron chi connectivity index (χ3n) is 4.44. The Bertz CT molecular complexity index is 487. The van der Waals surface area contributed by atoms with Crippen LogP contribution in [0.5, 0.6) is 0 Å². The quantitative estimate of drug-likeness (QED) is 0.776. The van der Waals surface area contributed by atoms with Crippen molar-refractivity contribution in [2.75, 3.05) is 0 Å². The molecule has 1 amide bonds. The van der Waals surface area contributed by atoms with Gasteiger partial charge in [0, 0.05) is 12.6 Å². The lowest BCUT2D eigenvalue weighted by atomic mass is 9.92. The van der Waals surface area contributed by atoms with Crippen molar-refractivity contribution in [1.82, 2.24) is 10.6 Å². The summed E-state index contributed by atoms with van der Waals surface area (Å²) in [4.78, 5) is 12.3. The highest BCUT2D eigenvalue weighted by molar-refractivity contribution is 5.85. The number of benzene rings is 1. The minimum absolute atomic E-state index is 0. The summed E-state index contributed by atoms with van der Waals surface area (Å²) in [5.74, 6) is 0.0980. The molecule has 1 aromatic rings. The second-order valence-electron chi connectivity index (χ2n) is 5.92. The van der Waals surface area contributed by atoms with Gasteiger partial charge in [-0.1, -0.05) is 24.3 Å². The fourth-order valence-corrected chi connectivity index (χ4v) is 3.16. The molecule has 1 atom stereocenters. The highest BCUT2D eigenvalue weighted by Gasteiger charge is 2.27. The Morgan fingerprint density at radius 3 is 2.52 bits per heavy atom. The van der Waals surface area contributed by atoms with Gasteiger partial charge in [-0.3, -0.25) is 4.79 Å². The molecule has 1 aromatic carbocycles. The third-order valence-corrected chi connectivity index (χ3v) is 4.44. The number of fused-ring (bicyclic) bond motifs is 1. The second kappa shape index (κ2) is 7.25. The minimum Gasteiger partial charge on any atom is -0.393 e. The predicted molar refractivity (Wildman–Crippen MR) is 84.4 cm³/mol. The first-order valence-electron chi connectivity index (χ1n) is 7.51. The van der Waals surface area contributed by atoms with Crippen molar-refractivity contribution in [2.45, 2.75) is 56.8 Å². The van der Waals surface area contributed by atoms with Crippen LogP contribution < -0.4 is 10.6 Å². The Labute approximate surface area is 131 Å². The summed E-state index contributed by atoms with van der Waals surface area (Å²) in [6.07, 6.45) is 3.95. The van der Waals surface area contributed by atoms with Gasteiger partial charge in [0.05, 0.1) is 12.1 Å². The third kappa shape index (κ3) is 3.96. The van der Waals surface area contributed by atoms with Gasteiger partial charge in [0.15, 0.2) is 0 Å². The zero-order valence-electron chi connectivity index (χ0n) is 12.0. The SMILES string of the molecule is Cl.O=C(NC1CCC(O)CC1)C1Cc2ccccc2CN1. The maximum Gasteiger partial charge on any atom is 0.237 e. The van der Waals surface area contributed by atoms with E-state index in [-0.39, 0.29) is 36.5 Å². The van der Waals surface area contributed by atoms with Gasteiger partial charge >= 0.3 is 0 Å². The van der Waals surface area contributed by atoms with Gasteiger partial charge in [-0.2, -0.15) is 0 Å². The van der Waals surface area contributed by atoms with Crippen LogP contribution >= 0.6 is 12.4 Å². The molecular weight excluding hydrogens is 288 g/mol. The summed E-state index contributed by atoms with van der Waals surface area (Å²) in [7, 11) is 0. The number of hydrogen-bond donors (Lipinski definition) is 3. The summed E-state index contributed by atoms with van der Waals surface area (Å²) in [5.41, 5.74) is 2.56. The van der Waals surface area contributed by atoms with Crippen molar-refractivity contribution in [3.63, 3.8) is 0 Å². The van der Waals surface area contributed by atoms with E-state index in [1.54, 1.807) is 0 Å². The molecule has 1 fully saturated rings. The fourth-order valence-electron chi connectivity index (χ4n) is 3.16. The molecule has 21 heavy (non-hydrogen) atoms. The topological polar surface area (TPSA) is 61.4 Å². The number of hydrogen-bond acceptors (Lipinski definition) is 3. The second-order valence-corrected chi connectivity index (χ2v) is 5.92. The lowest BCUT2D eigenvalue weighted by Crippen LogP contribution is -2.51. The maximum absolute atomic E-state index is 12.3. The molecule has 0 saturated heterocycles. The molecule has 1 heterocycles. The zero-order chi connectivity index (χ0) is 13.9. The molecule has 0 aromatic heterocycles. The van der Waals surface area contributed by atoms with E-state index in [1.165, 1.54) is 11.1 Å². The molecule has 0 bridgehead atoms. The Morgan fingerprint density at radius 1 is 1.14 bits per heavy atom. The molecule has 1 aliphatic heterocycles. The van der Waals surface area contributed by atoms with Crippen LogP contribution in [0.4, 0.5) is 0 Å². The Balaban J connectivity index is 0.00000161. The van der Waals surface area contributed by atoms with Crippen LogP contribution in [0.2, 0.25) is 0 Å². The lowest BCUT2D eigenvalue weighted by Gasteiger charge is -2.30. The molecule has 1 aliphatic carbocycles. The number of nitrogens with one attached hydrogen (secondary N) is 2. The Morgan fingerprint density at radius 2 is 1.81 bits per heavy atom. The predicted octanol–water partition coefficient (Wildman–Crippen LogP) is 1.54. The summed E-state index contributed by atoms with van der Waals surface area (Å²) < 4.78 is 0. The number of aliphatic hydroxyl groups is 1. The first-order chi connectivity index (χ1) is 9.72. The van der Waals surface area contributed by atoms with Crippen LogP contribution in [-0.4, -0.2) is 29.2 Å². The minimum atomic E-state index is -0.178. The molecule has 4 nitrogen and oxygen atoms in total. The van der Waals surface area contributed by atoms with Gasteiger partial charge in [-0.15, -0.1) is 12.4 Å². The van der Waals surface area contributed by atoms with Crippen LogP contribution in [0, 0.1) is 0 Å². The highest BCUT2D eigenvalue weighted by Crippen LogP contribution is 2.20. The summed E-state index contributed by atoms with van der Waals surface area (Å²) in [6.45, 7) is 0.762. The first-order valence-corrected chi connectivity index (χ1v) is 7.51. The van der Waals surface area contributed by atoms with Gasteiger partial charge in [-0.05, 0) is 43.2 Å². The summed E-state index contributed by atoms with van der Waals surface area (Å²) in [5, 5.41) is 15.9. The largest absolute Gasteiger partial charge is 0.393 e. The average molecular weight is 311 g/mol. The number of halogens is 1. The molecule has 1 unspecified atom stereocenters. The van der Waals surface area contributed by atoms with Crippen LogP contribution in [0.25, 0.3) is 0 Å². The van der Waals surface area contributed by atoms with Crippen molar-refractivity contribution in [2.24, 2.45) is 0 Å². The van der Waals surface area contributed by atoms with Gasteiger partial charge in [-0.25, -0.2) is 0 Å². The molecule has 0 radical (unpaired) electrons. The van der Waals surface area contributed by atoms with E-state index in [1.807, 2.05) is 12.1 Å². The average Bonchev–Trinajstić information content (AvgIpc) is 2.49. The van der Waals surface area contributed by atoms with E-state index in [4.69, 9.17) is 0 Å². The number of rotatable bonds is 2. The molecule has 5 heteroatoms. The number of aliphatic hydroxyl groups excluding tert-OH is 1. The summed E-state index contributed by atoms with van der Waals surface area (Å²) in [6, 6.07) is 8.38. The Hall–Kier alpha value is -1.10. The molecule has 2 aliphatic rings. The molecule has 3 N–H and O–H groups in total. The molecule has 3 rings (SSSR count). The number of carbonyl (C=O) groups excluding carboxylic acids is 1. The number of amides is 1. The molecular formula is C16H23ClN2O2. The van der Waals surface area contributed by atoms with E-state index in [0.29, 0.717) is 0 Å². The lowest BCUT2D eigenvalue weighted by molar-refractivity contribution is -0.124. The van der Waals surface area contributed by atoms with Gasteiger partial charge < -0.3 is 15.7 Å². The molecule has 1 saturated carbocycles. The Kier molecular flexibility index (Phi) is 5.62. The standard InChI is InChI=1S/C16H22N2O2.ClH/c19-14-7-5-13(6-8-14)18-16(20)15-9-11-3-1-2-4-12(11)10-17-15;/h1-4,13-15,17,19H,5-10H2,(H,18,20);1H. The fraction of sp³-hybridized carbons (Fsp3) is 0.562. The van der Waals surface area contributed by atoms with Crippen LogP contribution in [0.3, 0.4) is 0 Å². The van der Waals surface area contributed by atoms with Crippen LogP contribution in [0.1, 0.15) is 36.8 Å². The van der Waals surface area contributed by atoms with Crippen LogP contribution in [-0.2, 0) is 17.8 Å². The highest BCUT2D eigenvalue weighted by atomic mass is 35.5. The van der Waals surface area contributed by atoms with Crippen molar-refractivity contribution in [3.05, 3.63) is 35.4 Å². The van der Waals surface area contributed by atoms with Crippen molar-refractivity contribution in [3.8, 4) is 0 Å².